The number of amides is 1. The average molecular weight is 400 g/mol. The third kappa shape index (κ3) is 5.92. The van der Waals surface area contributed by atoms with Crippen LogP contribution in [0.2, 0.25) is 0 Å². The van der Waals surface area contributed by atoms with Crippen LogP contribution in [0, 0.1) is 5.82 Å². The molecule has 2 aromatic rings. The highest BCUT2D eigenvalue weighted by molar-refractivity contribution is 5.83. The number of nitrogens with one attached hydrogen (secondary N) is 1. The first-order valence-electron chi connectivity index (χ1n) is 9.37. The van der Waals surface area contributed by atoms with E-state index in [1.807, 2.05) is 42.1 Å². The first kappa shape index (κ1) is 20.6. The van der Waals surface area contributed by atoms with Crippen LogP contribution >= 0.6 is 0 Å². The number of hydrogen-bond acceptors (Lipinski definition) is 6. The number of ether oxygens (including phenoxy) is 2. The summed E-state index contributed by atoms with van der Waals surface area (Å²) in [6.07, 6.45) is 1.40. The fraction of sp³-hybridized carbons (Fsp3) is 0.333. The van der Waals surface area contributed by atoms with Gasteiger partial charge in [-0.3, -0.25) is 4.79 Å². The van der Waals surface area contributed by atoms with Crippen LogP contribution in [0.5, 0.6) is 5.75 Å². The molecule has 0 spiro atoms. The molecule has 0 unspecified atom stereocenters. The monoisotopic (exact) mass is 400 g/mol. The van der Waals surface area contributed by atoms with Crippen LogP contribution in [-0.4, -0.2) is 59.1 Å². The summed E-state index contributed by atoms with van der Waals surface area (Å²) in [6, 6.07) is 12.3. The predicted molar refractivity (Wildman–Crippen MR) is 111 cm³/mol. The van der Waals surface area contributed by atoms with Gasteiger partial charge >= 0.3 is 0 Å². The lowest BCUT2D eigenvalue weighted by atomic mass is 10.2. The number of halogens is 1. The highest BCUT2D eigenvalue weighted by Gasteiger charge is 2.15. The lowest BCUT2D eigenvalue weighted by Gasteiger charge is -2.29. The molecule has 3 rings (SSSR count). The van der Waals surface area contributed by atoms with E-state index in [0.29, 0.717) is 43.3 Å². The van der Waals surface area contributed by atoms with Crippen LogP contribution < -0.4 is 20.0 Å². The van der Waals surface area contributed by atoms with Gasteiger partial charge in [0.1, 0.15) is 11.6 Å². The Morgan fingerprint density at radius 1 is 1.28 bits per heavy atom. The fourth-order valence-corrected chi connectivity index (χ4v) is 2.88. The quantitative estimate of drug-likeness (QED) is 0.571. The Morgan fingerprint density at radius 3 is 2.79 bits per heavy atom. The summed E-state index contributed by atoms with van der Waals surface area (Å²) >= 11 is 0. The van der Waals surface area contributed by atoms with Gasteiger partial charge in [0.25, 0.3) is 5.91 Å². The van der Waals surface area contributed by atoms with E-state index >= 15 is 0 Å². The number of benzene rings is 2. The molecule has 0 aromatic heterocycles. The molecule has 154 valence electrons. The largest absolute Gasteiger partial charge is 0.484 e. The number of morpholine rings is 1. The highest BCUT2D eigenvalue weighted by Crippen LogP contribution is 2.21. The molecule has 1 aliphatic heterocycles. The molecule has 1 fully saturated rings. The van der Waals surface area contributed by atoms with Crippen molar-refractivity contribution in [2.45, 2.75) is 0 Å². The van der Waals surface area contributed by atoms with Crippen LogP contribution in [0.3, 0.4) is 0 Å². The molecule has 1 heterocycles. The van der Waals surface area contributed by atoms with Crippen LogP contribution in [0.1, 0.15) is 5.56 Å². The van der Waals surface area contributed by atoms with E-state index in [9.17, 15) is 9.18 Å². The molecule has 1 N–H and O–H groups in total. The van der Waals surface area contributed by atoms with E-state index < -0.39 is 5.91 Å². The van der Waals surface area contributed by atoms with Gasteiger partial charge < -0.3 is 19.3 Å². The first-order chi connectivity index (χ1) is 14.0. The Labute approximate surface area is 169 Å². The van der Waals surface area contributed by atoms with E-state index in [2.05, 4.69) is 10.5 Å². The van der Waals surface area contributed by atoms with Gasteiger partial charge in [-0.2, -0.15) is 5.10 Å². The normalized spacial score (nSPS) is 14.1. The Hall–Kier alpha value is -3.13. The number of nitrogens with zero attached hydrogens (tertiary/aromatic N) is 3. The molecule has 0 bridgehead atoms. The summed E-state index contributed by atoms with van der Waals surface area (Å²) in [5.74, 6) is -0.135. The second-order valence-corrected chi connectivity index (χ2v) is 6.78. The maximum Gasteiger partial charge on any atom is 0.277 e. The molecular weight excluding hydrogens is 375 g/mol. The minimum atomic E-state index is -0.401. The highest BCUT2D eigenvalue weighted by atomic mass is 19.1. The second-order valence-electron chi connectivity index (χ2n) is 6.78. The molecule has 0 aliphatic carbocycles. The molecule has 7 nitrogen and oxygen atoms in total. The Bertz CT molecular complexity index is 867. The van der Waals surface area contributed by atoms with Gasteiger partial charge in [-0.15, -0.1) is 0 Å². The number of rotatable bonds is 7. The Balaban J connectivity index is 1.49. The van der Waals surface area contributed by atoms with Crippen molar-refractivity contribution < 1.29 is 18.7 Å². The van der Waals surface area contributed by atoms with Crippen molar-refractivity contribution >= 4 is 23.5 Å². The summed E-state index contributed by atoms with van der Waals surface area (Å²) in [5.41, 5.74) is 4.46. The van der Waals surface area contributed by atoms with Crippen LogP contribution in [0.15, 0.2) is 47.6 Å². The SMILES string of the molecule is CN(C)c1cccc(OCC(=O)N/N=C/c2ccc(N3CCOCC3)c(F)c2)c1. The van der Waals surface area contributed by atoms with Crippen molar-refractivity contribution in [2.24, 2.45) is 5.10 Å². The van der Waals surface area contributed by atoms with Gasteiger partial charge in [0, 0.05) is 38.9 Å². The molecule has 8 heteroatoms. The molecule has 1 saturated heterocycles. The maximum absolute atomic E-state index is 14.4. The summed E-state index contributed by atoms with van der Waals surface area (Å²) in [5, 5.41) is 3.87. The standard InChI is InChI=1S/C21H25FN4O3/c1-25(2)17-4-3-5-18(13-17)29-15-21(27)24-23-14-16-6-7-20(19(22)12-16)26-8-10-28-11-9-26/h3-7,12-14H,8-11,15H2,1-2H3,(H,24,27)/b23-14+. The molecule has 0 radical (unpaired) electrons. The molecule has 1 aliphatic rings. The molecule has 0 saturated carbocycles. The predicted octanol–water partition coefficient (Wildman–Crippen LogP) is 2.26. The average Bonchev–Trinajstić information content (AvgIpc) is 2.73. The Kier molecular flexibility index (Phi) is 7.02. The number of hydrogen-bond donors (Lipinski definition) is 1. The van der Waals surface area contributed by atoms with Crippen molar-refractivity contribution in [3.05, 3.63) is 53.8 Å². The van der Waals surface area contributed by atoms with Gasteiger partial charge in [0.05, 0.1) is 25.1 Å². The van der Waals surface area contributed by atoms with Crippen LogP contribution in [0.25, 0.3) is 0 Å². The smallest absolute Gasteiger partial charge is 0.277 e. The lowest BCUT2D eigenvalue weighted by Crippen LogP contribution is -2.36. The summed E-state index contributed by atoms with van der Waals surface area (Å²) in [7, 11) is 3.85. The number of hydrazone groups is 1. The van der Waals surface area contributed by atoms with Crippen molar-refractivity contribution in [3.63, 3.8) is 0 Å². The minimum absolute atomic E-state index is 0.168. The topological polar surface area (TPSA) is 66.4 Å². The maximum atomic E-state index is 14.4. The third-order valence-corrected chi connectivity index (χ3v) is 4.43. The minimum Gasteiger partial charge on any atom is -0.484 e. The van der Waals surface area contributed by atoms with E-state index in [-0.39, 0.29) is 12.4 Å². The number of carbonyl (C=O) groups is 1. The summed E-state index contributed by atoms with van der Waals surface area (Å²) < 4.78 is 25.1. The lowest BCUT2D eigenvalue weighted by molar-refractivity contribution is -0.123. The van der Waals surface area contributed by atoms with E-state index in [0.717, 1.165) is 5.69 Å². The number of carbonyl (C=O) groups excluding carboxylic acids is 1. The van der Waals surface area contributed by atoms with Crippen molar-refractivity contribution in [1.82, 2.24) is 5.43 Å². The van der Waals surface area contributed by atoms with Gasteiger partial charge in [-0.1, -0.05) is 12.1 Å². The Morgan fingerprint density at radius 2 is 2.07 bits per heavy atom. The molecular formula is C21H25FN4O3. The van der Waals surface area contributed by atoms with Crippen molar-refractivity contribution in [1.29, 1.82) is 0 Å². The molecule has 0 atom stereocenters. The summed E-state index contributed by atoms with van der Waals surface area (Å²) in [4.78, 5) is 15.8. The van der Waals surface area contributed by atoms with E-state index in [1.165, 1.54) is 12.3 Å². The third-order valence-electron chi connectivity index (χ3n) is 4.43. The van der Waals surface area contributed by atoms with Crippen LogP contribution in [-0.2, 0) is 9.53 Å². The summed E-state index contributed by atoms with van der Waals surface area (Å²) in [6.45, 7) is 2.35. The zero-order valence-corrected chi connectivity index (χ0v) is 16.6. The van der Waals surface area contributed by atoms with Crippen molar-refractivity contribution in [2.75, 3.05) is 56.8 Å². The van der Waals surface area contributed by atoms with Gasteiger partial charge in [0.15, 0.2) is 6.61 Å². The molecule has 1 amide bonds. The molecule has 2 aromatic carbocycles. The molecule has 29 heavy (non-hydrogen) atoms. The zero-order valence-electron chi connectivity index (χ0n) is 16.6. The number of anilines is 2. The zero-order chi connectivity index (χ0) is 20.6. The fourth-order valence-electron chi connectivity index (χ4n) is 2.88. The van der Waals surface area contributed by atoms with Gasteiger partial charge in [0.2, 0.25) is 0 Å². The van der Waals surface area contributed by atoms with E-state index in [1.54, 1.807) is 18.2 Å². The van der Waals surface area contributed by atoms with Gasteiger partial charge in [-0.05, 0) is 29.8 Å². The van der Waals surface area contributed by atoms with Crippen LogP contribution in [0.4, 0.5) is 15.8 Å². The second kappa shape index (κ2) is 9.88. The van der Waals surface area contributed by atoms with Gasteiger partial charge in [-0.25, -0.2) is 9.82 Å². The van der Waals surface area contributed by atoms with Crippen molar-refractivity contribution in [3.8, 4) is 5.75 Å². The van der Waals surface area contributed by atoms with E-state index in [4.69, 9.17) is 9.47 Å². The first-order valence-corrected chi connectivity index (χ1v) is 9.37.